The van der Waals surface area contributed by atoms with Crippen molar-refractivity contribution in [2.45, 2.75) is 26.2 Å². The highest BCUT2D eigenvalue weighted by molar-refractivity contribution is 5.94. The van der Waals surface area contributed by atoms with Crippen molar-refractivity contribution in [2.24, 2.45) is 0 Å². The summed E-state index contributed by atoms with van der Waals surface area (Å²) >= 11 is 0. The number of carbonyl (C=O) groups excluding carboxylic acids is 1. The molecule has 2 rings (SSSR count). The average Bonchev–Trinajstić information content (AvgIpc) is 2.63. The maximum atomic E-state index is 12.3. The number of hydrogen-bond donors (Lipinski definition) is 2. The number of unbranched alkanes of at least 4 members (excludes halogenated alkanes) is 1. The van der Waals surface area contributed by atoms with E-state index in [-0.39, 0.29) is 11.7 Å². The van der Waals surface area contributed by atoms with Crippen molar-refractivity contribution in [1.82, 2.24) is 5.32 Å². The summed E-state index contributed by atoms with van der Waals surface area (Å²) in [7, 11) is 1.58. The van der Waals surface area contributed by atoms with Crippen LogP contribution in [0.2, 0.25) is 0 Å². The Morgan fingerprint density at radius 1 is 1.12 bits per heavy atom. The molecule has 0 bridgehead atoms. The lowest BCUT2D eigenvalue weighted by atomic mass is 10.1. The molecule has 2 aromatic carbocycles. The molecule has 0 fully saturated rings. The van der Waals surface area contributed by atoms with E-state index >= 15 is 0 Å². The van der Waals surface area contributed by atoms with Gasteiger partial charge in [0.15, 0.2) is 11.5 Å². The number of nitrogens with one attached hydrogen (secondary N) is 1. The molecule has 5 nitrogen and oxygen atoms in total. The van der Waals surface area contributed by atoms with Crippen molar-refractivity contribution in [3.05, 3.63) is 53.6 Å². The van der Waals surface area contributed by atoms with Gasteiger partial charge in [0.05, 0.1) is 13.7 Å². The SMILES string of the molecule is CCCCOc1cc(C(=O)NCCc2ccc(O)cc2)ccc1OC. The van der Waals surface area contributed by atoms with E-state index < -0.39 is 0 Å². The zero-order valence-corrected chi connectivity index (χ0v) is 14.7. The Morgan fingerprint density at radius 3 is 2.56 bits per heavy atom. The van der Waals surface area contributed by atoms with Crippen LogP contribution in [0.25, 0.3) is 0 Å². The number of rotatable bonds is 9. The molecule has 0 aliphatic carbocycles. The van der Waals surface area contributed by atoms with Crippen LogP contribution in [0.1, 0.15) is 35.7 Å². The van der Waals surface area contributed by atoms with Crippen molar-refractivity contribution in [3.8, 4) is 17.2 Å². The minimum Gasteiger partial charge on any atom is -0.508 e. The maximum Gasteiger partial charge on any atom is 0.251 e. The van der Waals surface area contributed by atoms with Crippen LogP contribution in [0.15, 0.2) is 42.5 Å². The molecule has 0 heterocycles. The Bertz CT molecular complexity index is 683. The monoisotopic (exact) mass is 343 g/mol. The van der Waals surface area contributed by atoms with Crippen molar-refractivity contribution >= 4 is 5.91 Å². The van der Waals surface area contributed by atoms with E-state index in [1.54, 1.807) is 37.4 Å². The van der Waals surface area contributed by atoms with Crippen LogP contribution in [0.3, 0.4) is 0 Å². The van der Waals surface area contributed by atoms with Crippen molar-refractivity contribution < 1.29 is 19.4 Å². The molecule has 0 aliphatic rings. The van der Waals surface area contributed by atoms with E-state index in [0.29, 0.717) is 36.6 Å². The molecule has 0 spiro atoms. The van der Waals surface area contributed by atoms with E-state index in [1.807, 2.05) is 12.1 Å². The third-order valence-corrected chi connectivity index (χ3v) is 3.82. The highest BCUT2D eigenvalue weighted by atomic mass is 16.5. The number of phenolic OH excluding ortho intramolecular Hbond substituents is 1. The van der Waals surface area contributed by atoms with Crippen LogP contribution >= 0.6 is 0 Å². The summed E-state index contributed by atoms with van der Waals surface area (Å²) < 4.78 is 11.0. The van der Waals surface area contributed by atoms with Crippen LogP contribution in [-0.2, 0) is 6.42 Å². The summed E-state index contributed by atoms with van der Waals surface area (Å²) in [5.41, 5.74) is 1.59. The second-order valence-electron chi connectivity index (χ2n) is 5.74. The smallest absolute Gasteiger partial charge is 0.251 e. The van der Waals surface area contributed by atoms with Gasteiger partial charge >= 0.3 is 0 Å². The van der Waals surface area contributed by atoms with Gasteiger partial charge in [-0.15, -0.1) is 0 Å². The summed E-state index contributed by atoms with van der Waals surface area (Å²) in [5, 5.41) is 12.2. The van der Waals surface area contributed by atoms with Gasteiger partial charge in [0.2, 0.25) is 0 Å². The highest BCUT2D eigenvalue weighted by Gasteiger charge is 2.11. The lowest BCUT2D eigenvalue weighted by Gasteiger charge is -2.12. The molecule has 0 aromatic heterocycles. The molecule has 0 atom stereocenters. The predicted molar refractivity (Wildman–Crippen MR) is 97.5 cm³/mol. The van der Waals surface area contributed by atoms with Crippen LogP contribution in [0.4, 0.5) is 0 Å². The topological polar surface area (TPSA) is 67.8 Å². The first kappa shape index (κ1) is 18.6. The molecular weight excluding hydrogens is 318 g/mol. The number of ether oxygens (including phenoxy) is 2. The summed E-state index contributed by atoms with van der Waals surface area (Å²) in [6.07, 6.45) is 2.69. The first-order valence-corrected chi connectivity index (χ1v) is 8.51. The zero-order valence-electron chi connectivity index (χ0n) is 14.7. The summed E-state index contributed by atoms with van der Waals surface area (Å²) in [6.45, 7) is 3.21. The van der Waals surface area contributed by atoms with Crippen LogP contribution in [-0.4, -0.2) is 31.3 Å². The van der Waals surface area contributed by atoms with Gasteiger partial charge < -0.3 is 19.9 Å². The fourth-order valence-corrected chi connectivity index (χ4v) is 2.34. The number of aromatic hydroxyl groups is 1. The molecule has 5 heteroatoms. The lowest BCUT2D eigenvalue weighted by molar-refractivity contribution is 0.0953. The van der Waals surface area contributed by atoms with E-state index in [9.17, 15) is 9.90 Å². The molecule has 0 saturated heterocycles. The minimum atomic E-state index is -0.151. The van der Waals surface area contributed by atoms with Crippen molar-refractivity contribution in [3.63, 3.8) is 0 Å². The largest absolute Gasteiger partial charge is 0.508 e. The predicted octanol–water partition coefficient (Wildman–Crippen LogP) is 3.55. The van der Waals surface area contributed by atoms with Crippen LogP contribution < -0.4 is 14.8 Å². The first-order chi connectivity index (χ1) is 12.1. The molecule has 0 saturated carbocycles. The Balaban J connectivity index is 1.93. The van der Waals surface area contributed by atoms with Gasteiger partial charge in [-0.05, 0) is 48.7 Å². The first-order valence-electron chi connectivity index (χ1n) is 8.51. The van der Waals surface area contributed by atoms with Gasteiger partial charge in [-0.3, -0.25) is 4.79 Å². The fraction of sp³-hybridized carbons (Fsp3) is 0.350. The van der Waals surface area contributed by atoms with Gasteiger partial charge in [-0.1, -0.05) is 25.5 Å². The van der Waals surface area contributed by atoms with Gasteiger partial charge in [0.1, 0.15) is 5.75 Å². The molecule has 134 valence electrons. The van der Waals surface area contributed by atoms with Gasteiger partial charge in [-0.25, -0.2) is 0 Å². The number of phenols is 1. The lowest BCUT2D eigenvalue weighted by Crippen LogP contribution is -2.25. The van der Waals surface area contributed by atoms with Crippen LogP contribution in [0.5, 0.6) is 17.2 Å². The Kier molecular flexibility index (Phi) is 7.14. The third kappa shape index (κ3) is 5.71. The van der Waals surface area contributed by atoms with Gasteiger partial charge in [0.25, 0.3) is 5.91 Å². The molecule has 2 aromatic rings. The highest BCUT2D eigenvalue weighted by Crippen LogP contribution is 2.28. The number of methoxy groups -OCH3 is 1. The van der Waals surface area contributed by atoms with Crippen molar-refractivity contribution in [2.75, 3.05) is 20.3 Å². The number of carbonyl (C=O) groups is 1. The normalized spacial score (nSPS) is 10.3. The second kappa shape index (κ2) is 9.57. The maximum absolute atomic E-state index is 12.3. The number of hydrogen-bond acceptors (Lipinski definition) is 4. The summed E-state index contributed by atoms with van der Waals surface area (Å²) in [5.74, 6) is 1.29. The van der Waals surface area contributed by atoms with E-state index in [0.717, 1.165) is 18.4 Å². The number of benzene rings is 2. The number of amides is 1. The van der Waals surface area contributed by atoms with Crippen molar-refractivity contribution in [1.29, 1.82) is 0 Å². The second-order valence-corrected chi connectivity index (χ2v) is 5.74. The van der Waals surface area contributed by atoms with Gasteiger partial charge in [-0.2, -0.15) is 0 Å². The Labute approximate surface area is 148 Å². The Morgan fingerprint density at radius 2 is 1.88 bits per heavy atom. The standard InChI is InChI=1S/C20H25NO4/c1-3-4-13-25-19-14-16(7-10-18(19)24-2)20(23)21-12-11-15-5-8-17(22)9-6-15/h5-10,14,22H,3-4,11-13H2,1-2H3,(H,21,23). The summed E-state index contributed by atoms with van der Waals surface area (Å²) in [4.78, 5) is 12.3. The third-order valence-electron chi connectivity index (χ3n) is 3.82. The van der Waals surface area contributed by atoms with E-state index in [1.165, 1.54) is 0 Å². The van der Waals surface area contributed by atoms with E-state index in [2.05, 4.69) is 12.2 Å². The molecule has 0 radical (unpaired) electrons. The fourth-order valence-electron chi connectivity index (χ4n) is 2.34. The molecule has 0 aliphatic heterocycles. The zero-order chi connectivity index (χ0) is 18.1. The van der Waals surface area contributed by atoms with Gasteiger partial charge in [0, 0.05) is 12.1 Å². The molecule has 0 unspecified atom stereocenters. The minimum absolute atomic E-state index is 0.151. The average molecular weight is 343 g/mol. The summed E-state index contributed by atoms with van der Waals surface area (Å²) in [6, 6.07) is 12.1. The molecule has 1 amide bonds. The quantitative estimate of drug-likeness (QED) is 0.683. The Hall–Kier alpha value is -2.69. The molecule has 2 N–H and O–H groups in total. The van der Waals surface area contributed by atoms with E-state index in [4.69, 9.17) is 9.47 Å². The van der Waals surface area contributed by atoms with Crippen LogP contribution in [0, 0.1) is 0 Å². The molecule has 25 heavy (non-hydrogen) atoms. The molecular formula is C20H25NO4.